The van der Waals surface area contributed by atoms with Crippen LogP contribution in [0, 0.1) is 11.5 Å². The molecule has 0 spiro atoms. The van der Waals surface area contributed by atoms with Crippen molar-refractivity contribution in [3.05, 3.63) is 76.5 Å². The average Bonchev–Trinajstić information content (AvgIpc) is 3.12. The molecule has 2 atom stereocenters. The monoisotopic (exact) mass is 442 g/mol. The molecule has 0 fully saturated rings. The van der Waals surface area contributed by atoms with Gasteiger partial charge in [0.25, 0.3) is 0 Å². The van der Waals surface area contributed by atoms with E-state index in [2.05, 4.69) is 42.5 Å². The van der Waals surface area contributed by atoms with E-state index in [4.69, 9.17) is 23.2 Å². The van der Waals surface area contributed by atoms with E-state index in [1.54, 1.807) is 6.07 Å². The predicted octanol–water partition coefficient (Wildman–Crippen LogP) is 7.50. The maximum Gasteiger partial charge on any atom is 0.321 e. The van der Waals surface area contributed by atoms with Crippen LogP contribution in [0.3, 0.4) is 0 Å². The normalized spacial score (nSPS) is 20.5. The summed E-state index contributed by atoms with van der Waals surface area (Å²) < 4.78 is 0.211. The van der Waals surface area contributed by atoms with Crippen molar-refractivity contribution in [3.8, 4) is 6.19 Å². The molecule has 30 heavy (non-hydrogen) atoms. The number of quaternary nitrogens is 1. The number of hydrogen-bond acceptors (Lipinski definition) is 2. The molecular formula is C25H30Cl2N3+. The van der Waals surface area contributed by atoms with Crippen molar-refractivity contribution in [2.45, 2.75) is 58.0 Å². The number of aryl methyl sites for hydroxylation is 1. The number of hydrogen-bond donors (Lipinski definition) is 0. The summed E-state index contributed by atoms with van der Waals surface area (Å²) in [5, 5.41) is 11.6. The Hall–Kier alpha value is -1.99. The van der Waals surface area contributed by atoms with E-state index in [0.717, 1.165) is 43.5 Å². The fraction of sp³-hybridized carbons (Fsp3) is 0.400. The first kappa shape index (κ1) is 22.7. The lowest BCUT2D eigenvalue weighted by Crippen LogP contribution is -2.51. The maximum absolute atomic E-state index is 10.3. The third kappa shape index (κ3) is 5.19. The number of nitriles is 1. The maximum atomic E-state index is 10.3. The van der Waals surface area contributed by atoms with Crippen LogP contribution in [-0.2, 0) is 6.42 Å². The number of unbranched alkanes of at least 4 members (excludes halogenated alkanes) is 3. The molecule has 1 aliphatic heterocycles. The van der Waals surface area contributed by atoms with E-state index in [1.807, 2.05) is 30.3 Å². The summed E-state index contributed by atoms with van der Waals surface area (Å²) in [5.74, 6) is 0. The van der Waals surface area contributed by atoms with Gasteiger partial charge in [-0.2, -0.15) is 0 Å². The SMILES string of the molecule is CCCCCCN1C=C[N+](C#N)(c2ccccc2)C1CCCc1ccc(Cl)cc1Cl. The molecule has 0 N–H and O–H groups in total. The average molecular weight is 443 g/mol. The molecule has 0 radical (unpaired) electrons. The quantitative estimate of drug-likeness (QED) is 0.216. The van der Waals surface area contributed by atoms with Crippen molar-refractivity contribution in [2.75, 3.05) is 6.54 Å². The Kier molecular flexibility index (Phi) is 8.22. The first-order valence-corrected chi connectivity index (χ1v) is 11.6. The lowest BCUT2D eigenvalue weighted by atomic mass is 10.0. The molecule has 2 unspecified atom stereocenters. The van der Waals surface area contributed by atoms with Gasteiger partial charge in [-0.25, -0.2) is 0 Å². The molecule has 158 valence electrons. The summed E-state index contributed by atoms with van der Waals surface area (Å²) in [6.07, 6.45) is 14.5. The second kappa shape index (κ2) is 10.9. The summed E-state index contributed by atoms with van der Waals surface area (Å²) in [4.78, 5) is 2.37. The highest BCUT2D eigenvalue weighted by Gasteiger charge is 2.45. The van der Waals surface area contributed by atoms with E-state index in [0.29, 0.717) is 10.0 Å². The first-order valence-electron chi connectivity index (χ1n) is 10.8. The zero-order valence-electron chi connectivity index (χ0n) is 17.6. The summed E-state index contributed by atoms with van der Waals surface area (Å²) in [7, 11) is 0. The Labute approximate surface area is 190 Å². The fourth-order valence-electron chi connectivity index (χ4n) is 4.23. The van der Waals surface area contributed by atoms with Crippen LogP contribution in [0.25, 0.3) is 0 Å². The molecule has 3 nitrogen and oxygen atoms in total. The molecule has 3 rings (SSSR count). The predicted molar refractivity (Wildman–Crippen MR) is 127 cm³/mol. The minimum atomic E-state index is 0.0742. The van der Waals surface area contributed by atoms with Crippen LogP contribution in [0.5, 0.6) is 0 Å². The smallest absolute Gasteiger partial charge is 0.321 e. The van der Waals surface area contributed by atoms with Gasteiger partial charge in [0, 0.05) is 35.1 Å². The number of halogens is 2. The van der Waals surface area contributed by atoms with Gasteiger partial charge in [-0.05, 0) is 37.0 Å². The largest absolute Gasteiger partial charge is 0.322 e. The molecule has 0 saturated heterocycles. The van der Waals surface area contributed by atoms with Gasteiger partial charge in [-0.15, -0.1) is 9.74 Å². The van der Waals surface area contributed by atoms with Crippen LogP contribution in [0.15, 0.2) is 60.9 Å². The van der Waals surface area contributed by atoms with Crippen molar-refractivity contribution in [2.24, 2.45) is 0 Å². The van der Waals surface area contributed by atoms with E-state index in [-0.39, 0.29) is 10.6 Å². The highest BCUT2D eigenvalue weighted by molar-refractivity contribution is 6.35. The molecule has 0 bridgehead atoms. The molecule has 0 aromatic heterocycles. The number of rotatable bonds is 10. The molecule has 2 aromatic rings. The van der Waals surface area contributed by atoms with Crippen LogP contribution in [0.4, 0.5) is 5.69 Å². The highest BCUT2D eigenvalue weighted by atomic mass is 35.5. The second-order valence-corrected chi connectivity index (χ2v) is 8.76. The van der Waals surface area contributed by atoms with Gasteiger partial charge in [0.15, 0.2) is 11.9 Å². The topological polar surface area (TPSA) is 27.0 Å². The Bertz CT molecular complexity index is 891. The van der Waals surface area contributed by atoms with Gasteiger partial charge in [-0.1, -0.05) is 73.7 Å². The van der Waals surface area contributed by atoms with Crippen LogP contribution < -0.4 is 4.48 Å². The Balaban J connectivity index is 1.75. The van der Waals surface area contributed by atoms with Gasteiger partial charge < -0.3 is 4.90 Å². The standard InChI is InChI=1S/C25H30Cl2N3/c1-2-3-4-8-16-29-17-18-30(20-28,23-11-6-5-7-12-23)25(29)13-9-10-21-14-15-22(26)19-24(21)27/h5-7,11-12,14-15,17-19,25H,2-4,8-10,13,16H2,1H3/q+1. The molecule has 2 aromatic carbocycles. The highest BCUT2D eigenvalue weighted by Crippen LogP contribution is 2.36. The Morgan fingerprint density at radius 2 is 1.83 bits per heavy atom. The minimum absolute atomic E-state index is 0.0742. The van der Waals surface area contributed by atoms with Crippen molar-refractivity contribution in [1.82, 2.24) is 9.38 Å². The summed E-state index contributed by atoms with van der Waals surface area (Å²) in [6.45, 7) is 3.21. The molecule has 1 aliphatic rings. The third-order valence-electron chi connectivity index (χ3n) is 5.89. The van der Waals surface area contributed by atoms with E-state index < -0.39 is 0 Å². The number of nitrogens with zero attached hydrogens (tertiary/aromatic N) is 3. The number of benzene rings is 2. The van der Waals surface area contributed by atoms with Crippen molar-refractivity contribution >= 4 is 28.9 Å². The van der Waals surface area contributed by atoms with Crippen molar-refractivity contribution < 1.29 is 0 Å². The lowest BCUT2D eigenvalue weighted by Gasteiger charge is -2.34. The minimum Gasteiger partial charge on any atom is -0.322 e. The molecule has 0 amide bonds. The lowest BCUT2D eigenvalue weighted by molar-refractivity contribution is 0.181. The van der Waals surface area contributed by atoms with Gasteiger partial charge in [0.2, 0.25) is 0 Å². The molecule has 0 aliphatic carbocycles. The van der Waals surface area contributed by atoms with E-state index in [1.165, 1.54) is 19.3 Å². The van der Waals surface area contributed by atoms with Crippen LogP contribution in [0.1, 0.15) is 51.0 Å². The Morgan fingerprint density at radius 3 is 2.53 bits per heavy atom. The van der Waals surface area contributed by atoms with Crippen molar-refractivity contribution in [1.29, 1.82) is 5.26 Å². The first-order chi connectivity index (χ1) is 14.6. The fourth-order valence-corrected chi connectivity index (χ4v) is 4.73. The summed E-state index contributed by atoms with van der Waals surface area (Å²) in [6, 6.07) is 15.8. The van der Waals surface area contributed by atoms with Gasteiger partial charge in [-0.3, -0.25) is 0 Å². The summed E-state index contributed by atoms with van der Waals surface area (Å²) in [5.41, 5.74) is 2.12. The van der Waals surface area contributed by atoms with Gasteiger partial charge in [0.05, 0.1) is 6.20 Å². The third-order valence-corrected chi connectivity index (χ3v) is 6.48. The van der Waals surface area contributed by atoms with Crippen molar-refractivity contribution in [3.63, 3.8) is 0 Å². The second-order valence-electron chi connectivity index (χ2n) is 7.92. The zero-order valence-corrected chi connectivity index (χ0v) is 19.1. The molecule has 1 heterocycles. The van der Waals surface area contributed by atoms with E-state index >= 15 is 0 Å². The summed E-state index contributed by atoms with van der Waals surface area (Å²) >= 11 is 12.4. The number of para-hydroxylation sites is 1. The molecule has 5 heteroatoms. The van der Waals surface area contributed by atoms with E-state index in [9.17, 15) is 5.26 Å². The molecule has 0 saturated carbocycles. The van der Waals surface area contributed by atoms with Crippen LogP contribution >= 0.6 is 23.2 Å². The van der Waals surface area contributed by atoms with Gasteiger partial charge in [0.1, 0.15) is 6.20 Å². The molecular weight excluding hydrogens is 413 g/mol. The zero-order chi connectivity index (χ0) is 21.4. The van der Waals surface area contributed by atoms with Crippen LogP contribution in [0.2, 0.25) is 10.0 Å². The van der Waals surface area contributed by atoms with Crippen LogP contribution in [-0.4, -0.2) is 17.6 Å². The van der Waals surface area contributed by atoms with Gasteiger partial charge >= 0.3 is 6.19 Å². The Morgan fingerprint density at radius 1 is 1.03 bits per heavy atom.